The monoisotopic (exact) mass is 317 g/mol. The first-order chi connectivity index (χ1) is 9.33. The Hall–Kier alpha value is -1.40. The van der Waals surface area contributed by atoms with E-state index in [1.807, 2.05) is 0 Å². The number of hydrogen-bond donors (Lipinski definition) is 1. The zero-order valence-electron chi connectivity index (χ0n) is 10.8. The minimum absolute atomic E-state index is 0.0398. The summed E-state index contributed by atoms with van der Waals surface area (Å²) in [5, 5.41) is 16.4. The zero-order valence-corrected chi connectivity index (χ0v) is 12.3. The Bertz CT molecular complexity index is 567. The third kappa shape index (κ3) is 2.86. The van der Waals surface area contributed by atoms with Crippen molar-refractivity contribution in [2.45, 2.75) is 19.8 Å². The molecule has 0 saturated carbocycles. The Labute approximate surface area is 125 Å². The van der Waals surface area contributed by atoms with Gasteiger partial charge in [0.1, 0.15) is 0 Å². The van der Waals surface area contributed by atoms with E-state index in [9.17, 15) is 14.7 Å². The molecule has 1 saturated heterocycles. The van der Waals surface area contributed by atoms with Crippen LogP contribution in [0.3, 0.4) is 0 Å². The maximum absolute atomic E-state index is 12.4. The van der Waals surface area contributed by atoms with Gasteiger partial charge in [0.2, 0.25) is 0 Å². The smallest absolute Gasteiger partial charge is 0.311 e. The lowest BCUT2D eigenvalue weighted by atomic mass is 9.82. The van der Waals surface area contributed by atoms with Crippen molar-refractivity contribution < 1.29 is 14.7 Å². The minimum atomic E-state index is -0.940. The quantitative estimate of drug-likeness (QED) is 0.903. The number of hydrogen-bond acceptors (Lipinski definition) is 4. The Morgan fingerprint density at radius 3 is 2.75 bits per heavy atom. The largest absolute Gasteiger partial charge is 0.481 e. The van der Waals surface area contributed by atoms with Crippen LogP contribution in [-0.2, 0) is 4.79 Å². The van der Waals surface area contributed by atoms with Crippen LogP contribution in [0.15, 0.2) is 6.07 Å². The fraction of sp³-hybridized carbons (Fsp3) is 0.500. The first kappa shape index (κ1) is 15.0. The molecule has 1 fully saturated rings. The molecule has 6 nitrogen and oxygen atoms in total. The van der Waals surface area contributed by atoms with Gasteiger partial charge in [0.15, 0.2) is 10.3 Å². The van der Waals surface area contributed by atoms with Gasteiger partial charge in [-0.05, 0) is 25.8 Å². The SMILES string of the molecule is CC1(C(=O)O)CCCN(C(=O)c2cc(Cl)nnc2Cl)C1. The van der Waals surface area contributed by atoms with E-state index in [1.165, 1.54) is 11.0 Å². The maximum atomic E-state index is 12.4. The second kappa shape index (κ2) is 5.54. The molecule has 108 valence electrons. The minimum Gasteiger partial charge on any atom is -0.481 e. The number of carbonyl (C=O) groups is 2. The summed E-state index contributed by atoms with van der Waals surface area (Å²) >= 11 is 11.6. The number of halogens is 2. The van der Waals surface area contributed by atoms with Gasteiger partial charge in [-0.2, -0.15) is 0 Å². The molecule has 0 aliphatic carbocycles. The van der Waals surface area contributed by atoms with Gasteiger partial charge in [0.05, 0.1) is 11.0 Å². The van der Waals surface area contributed by atoms with Crippen molar-refractivity contribution in [1.82, 2.24) is 15.1 Å². The third-order valence-corrected chi connectivity index (χ3v) is 3.91. The van der Waals surface area contributed by atoms with Gasteiger partial charge in [-0.3, -0.25) is 9.59 Å². The molecule has 1 unspecified atom stereocenters. The molecule has 2 rings (SSSR count). The lowest BCUT2D eigenvalue weighted by Crippen LogP contribution is -2.48. The number of nitrogens with zero attached hydrogens (tertiary/aromatic N) is 3. The Kier molecular flexibility index (Phi) is 4.15. The number of likely N-dealkylation sites (tertiary alicyclic amines) is 1. The summed E-state index contributed by atoms with van der Waals surface area (Å²) in [4.78, 5) is 25.2. The molecule has 1 aromatic heterocycles. The summed E-state index contributed by atoms with van der Waals surface area (Å²) in [7, 11) is 0. The number of aliphatic carboxylic acids is 1. The van der Waals surface area contributed by atoms with Crippen LogP contribution < -0.4 is 0 Å². The van der Waals surface area contributed by atoms with E-state index in [2.05, 4.69) is 10.2 Å². The molecule has 1 atom stereocenters. The molecule has 0 spiro atoms. The van der Waals surface area contributed by atoms with Gasteiger partial charge in [-0.15, -0.1) is 10.2 Å². The fourth-order valence-electron chi connectivity index (χ4n) is 2.26. The van der Waals surface area contributed by atoms with Crippen molar-refractivity contribution in [3.8, 4) is 0 Å². The average molecular weight is 318 g/mol. The van der Waals surface area contributed by atoms with Gasteiger partial charge < -0.3 is 10.0 Å². The third-order valence-electron chi connectivity index (χ3n) is 3.45. The number of rotatable bonds is 2. The average Bonchev–Trinajstić information content (AvgIpc) is 2.40. The van der Waals surface area contributed by atoms with E-state index in [4.69, 9.17) is 23.2 Å². The molecule has 1 aromatic rings. The Morgan fingerprint density at radius 1 is 1.40 bits per heavy atom. The van der Waals surface area contributed by atoms with E-state index in [0.29, 0.717) is 19.4 Å². The first-order valence-electron chi connectivity index (χ1n) is 6.05. The van der Waals surface area contributed by atoms with E-state index < -0.39 is 11.4 Å². The van der Waals surface area contributed by atoms with Crippen LogP contribution in [0.2, 0.25) is 10.3 Å². The van der Waals surface area contributed by atoms with Gasteiger partial charge >= 0.3 is 5.97 Å². The van der Waals surface area contributed by atoms with Crippen LogP contribution >= 0.6 is 23.2 Å². The standard InChI is InChI=1S/C12H13Cl2N3O3/c1-12(11(19)20)3-2-4-17(6-12)10(18)7-5-8(13)15-16-9(7)14/h5H,2-4,6H2,1H3,(H,19,20). The van der Waals surface area contributed by atoms with Gasteiger partial charge in [0.25, 0.3) is 5.91 Å². The van der Waals surface area contributed by atoms with E-state index in [-0.39, 0.29) is 28.3 Å². The van der Waals surface area contributed by atoms with E-state index in [1.54, 1.807) is 6.92 Å². The summed E-state index contributed by atoms with van der Waals surface area (Å²) in [5.41, 5.74) is -0.800. The van der Waals surface area contributed by atoms with Crippen LogP contribution in [0.5, 0.6) is 0 Å². The molecular formula is C12H13Cl2N3O3. The molecule has 1 aliphatic rings. The normalized spacial score (nSPS) is 22.6. The van der Waals surface area contributed by atoms with Crippen molar-refractivity contribution >= 4 is 35.1 Å². The van der Waals surface area contributed by atoms with Crippen LogP contribution in [0.1, 0.15) is 30.1 Å². The van der Waals surface area contributed by atoms with E-state index in [0.717, 1.165) is 0 Å². The summed E-state index contributed by atoms with van der Waals surface area (Å²) in [6, 6.07) is 1.34. The molecule has 1 N–H and O–H groups in total. The molecule has 8 heteroatoms. The highest BCUT2D eigenvalue weighted by molar-refractivity contribution is 6.34. The molecule has 20 heavy (non-hydrogen) atoms. The molecule has 2 heterocycles. The highest BCUT2D eigenvalue weighted by Gasteiger charge is 2.39. The maximum Gasteiger partial charge on any atom is 0.311 e. The predicted molar refractivity (Wildman–Crippen MR) is 72.9 cm³/mol. The lowest BCUT2D eigenvalue weighted by Gasteiger charge is -2.37. The molecule has 1 aliphatic heterocycles. The Balaban J connectivity index is 2.25. The van der Waals surface area contributed by atoms with Gasteiger partial charge in [0, 0.05) is 13.1 Å². The van der Waals surface area contributed by atoms with Crippen LogP contribution in [0.25, 0.3) is 0 Å². The summed E-state index contributed by atoms with van der Waals surface area (Å²) in [6.45, 7) is 2.25. The number of carboxylic acids is 1. The summed E-state index contributed by atoms with van der Waals surface area (Å²) in [5.74, 6) is -1.29. The summed E-state index contributed by atoms with van der Waals surface area (Å²) in [6.07, 6.45) is 1.16. The number of carboxylic acid groups (broad SMARTS) is 1. The summed E-state index contributed by atoms with van der Waals surface area (Å²) < 4.78 is 0. The second-order valence-corrected chi connectivity index (χ2v) is 5.81. The van der Waals surface area contributed by atoms with Gasteiger partial charge in [-0.1, -0.05) is 23.2 Å². The van der Waals surface area contributed by atoms with Crippen molar-refractivity contribution in [2.75, 3.05) is 13.1 Å². The molecule has 0 bridgehead atoms. The van der Waals surface area contributed by atoms with E-state index >= 15 is 0 Å². The number of aromatic nitrogens is 2. The van der Waals surface area contributed by atoms with Crippen LogP contribution in [0.4, 0.5) is 0 Å². The van der Waals surface area contributed by atoms with Crippen molar-refractivity contribution in [3.63, 3.8) is 0 Å². The lowest BCUT2D eigenvalue weighted by molar-refractivity contribution is -0.150. The molecule has 0 aromatic carbocycles. The van der Waals surface area contributed by atoms with Crippen LogP contribution in [0, 0.1) is 5.41 Å². The predicted octanol–water partition coefficient (Wildman–Crippen LogP) is 2.11. The van der Waals surface area contributed by atoms with Gasteiger partial charge in [-0.25, -0.2) is 0 Å². The fourth-order valence-corrected chi connectivity index (χ4v) is 2.58. The highest BCUT2D eigenvalue weighted by Crippen LogP contribution is 2.31. The topological polar surface area (TPSA) is 83.4 Å². The number of amides is 1. The molecule has 1 amide bonds. The number of carbonyl (C=O) groups excluding carboxylic acids is 1. The number of piperidine rings is 1. The van der Waals surface area contributed by atoms with Crippen LogP contribution in [-0.4, -0.2) is 45.2 Å². The molecule has 0 radical (unpaired) electrons. The first-order valence-corrected chi connectivity index (χ1v) is 6.80. The second-order valence-electron chi connectivity index (χ2n) is 5.07. The Morgan fingerprint density at radius 2 is 2.10 bits per heavy atom. The highest BCUT2D eigenvalue weighted by atomic mass is 35.5. The van der Waals surface area contributed by atoms with Crippen molar-refractivity contribution in [1.29, 1.82) is 0 Å². The van der Waals surface area contributed by atoms with Crippen molar-refractivity contribution in [3.05, 3.63) is 21.9 Å². The zero-order chi connectivity index (χ0) is 14.9. The van der Waals surface area contributed by atoms with Crippen molar-refractivity contribution in [2.24, 2.45) is 5.41 Å². The molecular weight excluding hydrogens is 305 g/mol.